The lowest BCUT2D eigenvalue weighted by Crippen LogP contribution is -2.34. The number of nitrogens with zero attached hydrogens (tertiary/aromatic N) is 5. The number of nitro groups is 1. The fourth-order valence-corrected chi connectivity index (χ4v) is 2.85. The summed E-state index contributed by atoms with van der Waals surface area (Å²) in [5, 5.41) is 14.8. The summed E-state index contributed by atoms with van der Waals surface area (Å²) in [5.74, 6) is 1.07. The molecule has 0 atom stereocenters. The number of piperidine rings is 1. The second-order valence-corrected chi connectivity index (χ2v) is 6.15. The van der Waals surface area contributed by atoms with Crippen LogP contribution in [0, 0.1) is 16.0 Å². The van der Waals surface area contributed by atoms with Crippen molar-refractivity contribution in [3.8, 4) is 0 Å². The summed E-state index contributed by atoms with van der Waals surface area (Å²) >= 11 is 6.01. The van der Waals surface area contributed by atoms with Gasteiger partial charge in [-0.1, -0.05) is 18.5 Å². The summed E-state index contributed by atoms with van der Waals surface area (Å²) in [6.45, 7) is 3.67. The van der Waals surface area contributed by atoms with Gasteiger partial charge in [0.25, 0.3) is 0 Å². The fraction of sp³-hybridized carbons (Fsp3) is 0.400. The van der Waals surface area contributed by atoms with E-state index in [1.54, 1.807) is 18.3 Å². The average Bonchev–Trinajstić information content (AvgIpc) is 2.57. The lowest BCUT2D eigenvalue weighted by Gasteiger charge is -2.30. The molecule has 0 saturated carbocycles. The molecule has 0 bridgehead atoms. The summed E-state index contributed by atoms with van der Waals surface area (Å²) in [6, 6.07) is 3.37. The first-order chi connectivity index (χ1) is 11.6. The molecule has 0 amide bonds. The van der Waals surface area contributed by atoms with E-state index in [0.29, 0.717) is 17.4 Å². The first-order valence-corrected chi connectivity index (χ1v) is 8.06. The molecule has 1 N–H and O–H groups in total. The Kier molecular flexibility index (Phi) is 4.75. The van der Waals surface area contributed by atoms with E-state index in [9.17, 15) is 10.1 Å². The van der Waals surface area contributed by atoms with E-state index in [1.165, 1.54) is 6.33 Å². The third-order valence-corrected chi connectivity index (χ3v) is 4.38. The van der Waals surface area contributed by atoms with Crippen molar-refractivity contribution in [3.05, 3.63) is 39.9 Å². The van der Waals surface area contributed by atoms with Crippen LogP contribution in [-0.2, 0) is 0 Å². The van der Waals surface area contributed by atoms with Crippen molar-refractivity contribution in [2.45, 2.75) is 19.8 Å². The van der Waals surface area contributed by atoms with Crippen molar-refractivity contribution in [2.75, 3.05) is 23.3 Å². The van der Waals surface area contributed by atoms with Gasteiger partial charge in [0.1, 0.15) is 6.33 Å². The molecule has 24 heavy (non-hydrogen) atoms. The molecule has 1 aliphatic heterocycles. The zero-order valence-electron chi connectivity index (χ0n) is 13.1. The third-order valence-electron chi connectivity index (χ3n) is 4.08. The molecule has 1 saturated heterocycles. The molecule has 2 aromatic heterocycles. The minimum absolute atomic E-state index is 0.110. The molecule has 2 aromatic rings. The van der Waals surface area contributed by atoms with E-state index in [1.807, 2.05) is 4.90 Å². The van der Waals surface area contributed by atoms with E-state index < -0.39 is 4.92 Å². The molecule has 9 heteroatoms. The number of pyridine rings is 1. The zero-order valence-corrected chi connectivity index (χ0v) is 13.9. The van der Waals surface area contributed by atoms with E-state index >= 15 is 0 Å². The van der Waals surface area contributed by atoms with Gasteiger partial charge in [0.2, 0.25) is 11.6 Å². The Labute approximate surface area is 144 Å². The largest absolute Gasteiger partial charge is 0.353 e. The first-order valence-electron chi connectivity index (χ1n) is 7.68. The molecule has 0 aromatic carbocycles. The lowest BCUT2D eigenvalue weighted by atomic mass is 9.99. The van der Waals surface area contributed by atoms with Crippen molar-refractivity contribution < 1.29 is 4.92 Å². The van der Waals surface area contributed by atoms with E-state index in [-0.39, 0.29) is 16.7 Å². The number of nitrogens with one attached hydrogen (secondary N) is 1. The van der Waals surface area contributed by atoms with E-state index in [4.69, 9.17) is 11.6 Å². The van der Waals surface area contributed by atoms with Gasteiger partial charge in [-0.3, -0.25) is 10.1 Å². The maximum absolute atomic E-state index is 11.6. The van der Waals surface area contributed by atoms with E-state index in [2.05, 4.69) is 27.2 Å². The fourth-order valence-electron chi connectivity index (χ4n) is 2.69. The Morgan fingerprint density at radius 1 is 1.33 bits per heavy atom. The molecule has 3 heterocycles. The summed E-state index contributed by atoms with van der Waals surface area (Å²) in [6.07, 6.45) is 4.84. The van der Waals surface area contributed by atoms with Gasteiger partial charge in [-0.25, -0.2) is 15.0 Å². The van der Waals surface area contributed by atoms with Crippen molar-refractivity contribution >= 4 is 34.6 Å². The normalized spacial score (nSPS) is 15.3. The summed E-state index contributed by atoms with van der Waals surface area (Å²) in [5.41, 5.74) is 0.311. The van der Waals surface area contributed by atoms with Crippen LogP contribution in [0.15, 0.2) is 24.7 Å². The molecular formula is C15H17ClN6O2. The van der Waals surface area contributed by atoms with Crippen LogP contribution in [-0.4, -0.2) is 33.0 Å². The highest BCUT2D eigenvalue weighted by Gasteiger charge is 2.29. The van der Waals surface area contributed by atoms with Gasteiger partial charge in [0.15, 0.2) is 5.15 Å². The lowest BCUT2D eigenvalue weighted by molar-refractivity contribution is -0.383. The predicted octanol–water partition coefficient (Wildman–Crippen LogP) is 3.41. The van der Waals surface area contributed by atoms with Gasteiger partial charge < -0.3 is 10.2 Å². The zero-order chi connectivity index (χ0) is 17.1. The monoisotopic (exact) mass is 348 g/mol. The Morgan fingerprint density at radius 3 is 2.75 bits per heavy atom. The topological polar surface area (TPSA) is 97.1 Å². The van der Waals surface area contributed by atoms with Gasteiger partial charge in [-0.05, 0) is 30.9 Å². The van der Waals surface area contributed by atoms with Crippen molar-refractivity contribution in [2.24, 2.45) is 5.92 Å². The molecular weight excluding hydrogens is 332 g/mol. The molecule has 3 rings (SSSR count). The Bertz CT molecular complexity index is 748. The quantitative estimate of drug-likeness (QED) is 0.513. The Balaban J connectivity index is 1.97. The summed E-state index contributed by atoms with van der Waals surface area (Å²) < 4.78 is 0. The smallest absolute Gasteiger partial charge is 0.351 e. The molecule has 8 nitrogen and oxygen atoms in total. The van der Waals surface area contributed by atoms with Crippen LogP contribution < -0.4 is 10.2 Å². The van der Waals surface area contributed by atoms with Crippen LogP contribution in [0.25, 0.3) is 0 Å². The first kappa shape index (κ1) is 16.4. The highest BCUT2D eigenvalue weighted by atomic mass is 35.5. The van der Waals surface area contributed by atoms with Crippen LogP contribution in [0.5, 0.6) is 0 Å². The predicted molar refractivity (Wildman–Crippen MR) is 91.8 cm³/mol. The second-order valence-electron chi connectivity index (χ2n) is 5.79. The van der Waals surface area contributed by atoms with Crippen LogP contribution in [0.3, 0.4) is 0 Å². The maximum Gasteiger partial charge on any atom is 0.353 e. The van der Waals surface area contributed by atoms with Gasteiger partial charge in [0, 0.05) is 19.3 Å². The SMILES string of the molecule is CC1CCN(c2ncnc(Nc3cccnc3Cl)c2[N+](=O)[O-])CC1. The summed E-state index contributed by atoms with van der Waals surface area (Å²) in [7, 11) is 0. The van der Waals surface area contributed by atoms with Gasteiger partial charge in [0.05, 0.1) is 10.6 Å². The number of aromatic nitrogens is 3. The average molecular weight is 349 g/mol. The number of rotatable bonds is 4. The van der Waals surface area contributed by atoms with Crippen LogP contribution in [0.1, 0.15) is 19.8 Å². The van der Waals surface area contributed by atoms with Crippen molar-refractivity contribution in [3.63, 3.8) is 0 Å². The minimum Gasteiger partial charge on any atom is -0.351 e. The highest BCUT2D eigenvalue weighted by molar-refractivity contribution is 6.32. The van der Waals surface area contributed by atoms with Crippen LogP contribution in [0.4, 0.5) is 23.0 Å². The van der Waals surface area contributed by atoms with E-state index in [0.717, 1.165) is 25.9 Å². The molecule has 0 spiro atoms. The Morgan fingerprint density at radius 2 is 2.08 bits per heavy atom. The maximum atomic E-state index is 11.6. The molecule has 1 fully saturated rings. The van der Waals surface area contributed by atoms with Crippen molar-refractivity contribution in [1.82, 2.24) is 15.0 Å². The number of hydrogen-bond acceptors (Lipinski definition) is 7. The van der Waals surface area contributed by atoms with Gasteiger partial charge in [-0.15, -0.1) is 0 Å². The molecule has 0 radical (unpaired) electrons. The second kappa shape index (κ2) is 6.96. The standard InChI is InChI=1S/C15H17ClN6O2/c1-10-4-7-21(8-5-10)15-12(22(23)24)14(18-9-19-15)20-11-3-2-6-17-13(11)16/h2-3,6,9-10H,4-5,7-8H2,1H3,(H,18,19,20). The minimum atomic E-state index is -0.458. The Hall–Kier alpha value is -2.48. The molecule has 0 unspecified atom stereocenters. The van der Waals surface area contributed by atoms with Crippen molar-refractivity contribution in [1.29, 1.82) is 0 Å². The number of halogens is 1. The summed E-state index contributed by atoms with van der Waals surface area (Å²) in [4.78, 5) is 25.3. The van der Waals surface area contributed by atoms with Crippen LogP contribution >= 0.6 is 11.6 Å². The molecule has 0 aliphatic carbocycles. The number of hydrogen-bond donors (Lipinski definition) is 1. The highest BCUT2D eigenvalue weighted by Crippen LogP contribution is 2.36. The van der Waals surface area contributed by atoms with Crippen LogP contribution in [0.2, 0.25) is 5.15 Å². The number of anilines is 3. The molecule has 126 valence electrons. The van der Waals surface area contributed by atoms with Gasteiger partial charge >= 0.3 is 5.69 Å². The third kappa shape index (κ3) is 3.38. The van der Waals surface area contributed by atoms with Gasteiger partial charge in [-0.2, -0.15) is 0 Å². The molecule has 1 aliphatic rings.